The molecule has 0 unspecified atom stereocenters. The Labute approximate surface area is 178 Å². The molecule has 0 aromatic rings. The van der Waals surface area contributed by atoms with Gasteiger partial charge in [-0.2, -0.15) is 0 Å². The maximum atomic E-state index is 11.2. The Bertz CT molecular complexity index is 578. The molecule has 29 heavy (non-hydrogen) atoms. The second-order valence-electron chi connectivity index (χ2n) is 7.43. The van der Waals surface area contributed by atoms with E-state index in [-0.39, 0.29) is 0 Å². The van der Waals surface area contributed by atoms with Crippen LogP contribution in [0.25, 0.3) is 0 Å². The second-order valence-corrected chi connectivity index (χ2v) is 7.43. The number of rotatable bonds is 17. The lowest BCUT2D eigenvalue weighted by Gasteiger charge is -2.08. The van der Waals surface area contributed by atoms with Gasteiger partial charge < -0.3 is 10.0 Å². The molecule has 0 radical (unpaired) electrons. The van der Waals surface area contributed by atoms with Crippen molar-refractivity contribution >= 4 is 5.97 Å². The van der Waals surface area contributed by atoms with Crippen LogP contribution >= 0.6 is 0 Å². The number of nitrogens with zero attached hydrogens (tertiary/aromatic N) is 1. The monoisotopic (exact) mass is 399 g/mol. The fraction of sp³-hybridized carbons (Fsp3) is 0.500. The number of carboxylic acids is 1. The highest BCUT2D eigenvalue weighted by Gasteiger charge is 2.05. The molecule has 0 saturated carbocycles. The number of unbranched alkanes of at least 4 members (excludes halogenated alkanes) is 7. The smallest absolute Gasteiger partial charge is 0.331 e. The minimum absolute atomic E-state index is 0.421. The largest absolute Gasteiger partial charge is 0.478 e. The Morgan fingerprint density at radius 2 is 1.28 bits per heavy atom. The van der Waals surface area contributed by atoms with Gasteiger partial charge in [0.25, 0.3) is 0 Å². The van der Waals surface area contributed by atoms with Gasteiger partial charge in [0.05, 0.1) is 0 Å². The van der Waals surface area contributed by atoms with Crippen molar-refractivity contribution < 1.29 is 9.90 Å². The zero-order chi connectivity index (χ0) is 21.6. The van der Waals surface area contributed by atoms with Crippen LogP contribution in [0.1, 0.15) is 64.7 Å². The van der Waals surface area contributed by atoms with Crippen LogP contribution in [-0.2, 0) is 4.79 Å². The molecule has 0 aliphatic rings. The van der Waals surface area contributed by atoms with E-state index in [1.165, 1.54) is 44.9 Å². The lowest BCUT2D eigenvalue weighted by molar-refractivity contribution is -0.132. The van der Waals surface area contributed by atoms with E-state index in [0.717, 1.165) is 13.0 Å². The van der Waals surface area contributed by atoms with E-state index < -0.39 is 5.97 Å². The molecular weight excluding hydrogens is 358 g/mol. The summed E-state index contributed by atoms with van der Waals surface area (Å²) in [5.74, 6) is -0.856. The van der Waals surface area contributed by atoms with E-state index in [9.17, 15) is 4.79 Å². The van der Waals surface area contributed by atoms with Crippen LogP contribution in [0.15, 0.2) is 72.4 Å². The van der Waals surface area contributed by atoms with E-state index >= 15 is 0 Å². The SMILES string of the molecule is CCCCCCCCCC=CC=CC=CC=CC=CC=C(CCN(C)C)C(=O)O. The van der Waals surface area contributed by atoms with Gasteiger partial charge in [0.2, 0.25) is 0 Å². The first kappa shape index (κ1) is 26.9. The van der Waals surface area contributed by atoms with Crippen molar-refractivity contribution in [3.8, 4) is 0 Å². The quantitative estimate of drug-likeness (QED) is 0.165. The molecule has 0 aromatic heterocycles. The maximum Gasteiger partial charge on any atom is 0.331 e. The van der Waals surface area contributed by atoms with Crippen LogP contribution < -0.4 is 0 Å². The molecule has 3 nitrogen and oxygen atoms in total. The second kappa shape index (κ2) is 20.6. The van der Waals surface area contributed by atoms with Gasteiger partial charge in [-0.25, -0.2) is 4.79 Å². The Kier molecular flexibility index (Phi) is 19.1. The van der Waals surface area contributed by atoms with Crippen LogP contribution in [-0.4, -0.2) is 36.6 Å². The van der Waals surface area contributed by atoms with Crippen LogP contribution in [0.4, 0.5) is 0 Å². The number of aliphatic carboxylic acids is 1. The number of allylic oxidation sites excluding steroid dienone is 11. The molecule has 0 spiro atoms. The first-order valence-electron chi connectivity index (χ1n) is 11.0. The molecule has 0 aliphatic carbocycles. The molecule has 0 bridgehead atoms. The number of hydrogen-bond donors (Lipinski definition) is 1. The van der Waals surface area contributed by atoms with Crippen LogP contribution in [0.3, 0.4) is 0 Å². The van der Waals surface area contributed by atoms with E-state index in [0.29, 0.717) is 12.0 Å². The Balaban J connectivity index is 3.93. The van der Waals surface area contributed by atoms with Gasteiger partial charge >= 0.3 is 5.97 Å². The van der Waals surface area contributed by atoms with Crippen molar-refractivity contribution in [2.45, 2.75) is 64.7 Å². The topological polar surface area (TPSA) is 40.5 Å². The highest BCUT2D eigenvalue weighted by atomic mass is 16.4. The highest BCUT2D eigenvalue weighted by molar-refractivity contribution is 5.86. The van der Waals surface area contributed by atoms with Gasteiger partial charge in [-0.3, -0.25) is 0 Å². The molecular formula is C26H41NO2. The normalized spacial score (nSPS) is 13.4. The van der Waals surface area contributed by atoms with Gasteiger partial charge in [-0.05, 0) is 33.4 Å². The summed E-state index contributed by atoms with van der Waals surface area (Å²) < 4.78 is 0. The molecule has 0 amide bonds. The predicted molar refractivity (Wildman–Crippen MR) is 127 cm³/mol. The van der Waals surface area contributed by atoms with Crippen molar-refractivity contribution in [2.24, 2.45) is 0 Å². The summed E-state index contributed by atoms with van der Waals surface area (Å²) in [5.41, 5.74) is 0.421. The molecule has 0 atom stereocenters. The first-order chi connectivity index (χ1) is 14.1. The number of carbonyl (C=O) groups is 1. The Hall–Kier alpha value is -2.13. The standard InChI is InChI=1S/C26H41NO2/c1-4-5-6-7-8-9-10-11-12-13-14-15-16-17-18-19-20-21-22-25(26(28)29)23-24-27(2)3/h12-22H,4-11,23-24H2,1-3H3,(H,28,29). The van der Waals surface area contributed by atoms with Gasteiger partial charge in [0, 0.05) is 12.1 Å². The molecule has 0 aliphatic heterocycles. The van der Waals surface area contributed by atoms with Crippen molar-refractivity contribution in [3.05, 3.63) is 72.4 Å². The van der Waals surface area contributed by atoms with E-state index in [2.05, 4.69) is 19.1 Å². The van der Waals surface area contributed by atoms with Crippen LogP contribution in [0, 0.1) is 0 Å². The molecule has 0 rings (SSSR count). The van der Waals surface area contributed by atoms with Crippen molar-refractivity contribution in [1.82, 2.24) is 4.90 Å². The summed E-state index contributed by atoms with van der Waals surface area (Å²) in [6, 6.07) is 0. The molecule has 0 fully saturated rings. The molecule has 1 N–H and O–H groups in total. The maximum absolute atomic E-state index is 11.2. The molecule has 3 heteroatoms. The summed E-state index contributed by atoms with van der Waals surface area (Å²) in [6.07, 6.45) is 32.6. The highest BCUT2D eigenvalue weighted by Crippen LogP contribution is 2.08. The van der Waals surface area contributed by atoms with Crippen LogP contribution in [0.2, 0.25) is 0 Å². The van der Waals surface area contributed by atoms with Gasteiger partial charge in [-0.1, -0.05) is 112 Å². The summed E-state index contributed by atoms with van der Waals surface area (Å²) in [5, 5.41) is 9.17. The average Bonchev–Trinajstić information content (AvgIpc) is 2.68. The van der Waals surface area contributed by atoms with Crippen LogP contribution in [0.5, 0.6) is 0 Å². The molecule has 162 valence electrons. The third kappa shape index (κ3) is 20.4. The zero-order valence-corrected chi connectivity index (χ0v) is 18.7. The Morgan fingerprint density at radius 3 is 1.83 bits per heavy atom. The minimum atomic E-state index is -0.856. The summed E-state index contributed by atoms with van der Waals surface area (Å²) >= 11 is 0. The van der Waals surface area contributed by atoms with Gasteiger partial charge in [0.1, 0.15) is 0 Å². The third-order valence-corrected chi connectivity index (χ3v) is 4.40. The van der Waals surface area contributed by atoms with Gasteiger partial charge in [0.15, 0.2) is 0 Å². The fourth-order valence-electron chi connectivity index (χ4n) is 2.62. The predicted octanol–water partition coefficient (Wildman–Crippen LogP) is 6.87. The lowest BCUT2D eigenvalue weighted by atomic mass is 10.1. The molecule has 0 aromatic carbocycles. The lowest BCUT2D eigenvalue weighted by Crippen LogP contribution is -2.15. The Morgan fingerprint density at radius 1 is 0.759 bits per heavy atom. The minimum Gasteiger partial charge on any atom is -0.478 e. The molecule has 0 saturated heterocycles. The molecule has 0 heterocycles. The average molecular weight is 400 g/mol. The fourth-order valence-corrected chi connectivity index (χ4v) is 2.62. The zero-order valence-electron chi connectivity index (χ0n) is 18.7. The number of carboxylic acid groups (broad SMARTS) is 1. The number of hydrogen-bond acceptors (Lipinski definition) is 2. The third-order valence-electron chi connectivity index (χ3n) is 4.40. The van der Waals surface area contributed by atoms with E-state index in [4.69, 9.17) is 5.11 Å². The van der Waals surface area contributed by atoms with E-state index in [1.54, 1.807) is 12.2 Å². The first-order valence-corrected chi connectivity index (χ1v) is 11.0. The van der Waals surface area contributed by atoms with Gasteiger partial charge in [-0.15, -0.1) is 0 Å². The van der Waals surface area contributed by atoms with Crippen molar-refractivity contribution in [3.63, 3.8) is 0 Å². The summed E-state index contributed by atoms with van der Waals surface area (Å²) in [4.78, 5) is 13.1. The summed E-state index contributed by atoms with van der Waals surface area (Å²) in [7, 11) is 3.87. The van der Waals surface area contributed by atoms with E-state index in [1.807, 2.05) is 61.5 Å². The van der Waals surface area contributed by atoms with Crippen molar-refractivity contribution in [2.75, 3.05) is 20.6 Å². The summed E-state index contributed by atoms with van der Waals surface area (Å²) in [6.45, 7) is 2.98. The van der Waals surface area contributed by atoms with Crippen molar-refractivity contribution in [1.29, 1.82) is 0 Å².